The van der Waals surface area contributed by atoms with Crippen molar-refractivity contribution in [2.24, 2.45) is 0 Å². The lowest BCUT2D eigenvalue weighted by Crippen LogP contribution is -2.53. The molecule has 1 amide bonds. The Morgan fingerprint density at radius 2 is 1.75 bits per heavy atom. The van der Waals surface area contributed by atoms with Crippen molar-refractivity contribution in [2.45, 2.75) is 31.8 Å². The van der Waals surface area contributed by atoms with Crippen LogP contribution in [0.25, 0.3) is 0 Å². The van der Waals surface area contributed by atoms with Crippen LogP contribution < -0.4 is 11.2 Å². The third kappa shape index (κ3) is 3.77. The van der Waals surface area contributed by atoms with Gasteiger partial charge in [0.1, 0.15) is 0 Å². The van der Waals surface area contributed by atoms with E-state index in [1.807, 2.05) is 26.0 Å². The molecular weight excluding hydrogens is 453 g/mol. The summed E-state index contributed by atoms with van der Waals surface area (Å²) in [5.74, 6) is -1.86. The fraction of sp³-hybridized carbons (Fsp3) is 0.261. The minimum atomic E-state index is -1.01. The molecule has 9 heteroatoms. The first-order valence-electron chi connectivity index (χ1n) is 9.92. The SMILES string of the molecule is CC(C)N1CC(C(c2c#cc(Cl)cc2)c2ccc(Cl)cc2)n2c(c(O)c(=O)[nH]c2=O)C1=O. The standard InChI is InChI=1S/C23H19Cl2N3O4/c1-12(2)27-11-17(28-19(22(27)31)20(29)21(30)26-23(28)32)18(13-3-7-15(24)8-4-13)14-5-9-16(25)10-6-14/h3-5,7-9,12,17-18,29H,11H2,1-2H3,(H,26,30,32). The maximum atomic E-state index is 13.1. The number of aromatic nitrogens is 2. The Morgan fingerprint density at radius 3 is 2.34 bits per heavy atom. The summed E-state index contributed by atoms with van der Waals surface area (Å²) >= 11 is 12.1. The molecule has 4 rings (SSSR count). The van der Waals surface area contributed by atoms with Gasteiger partial charge in [-0.25, -0.2) is 4.79 Å². The molecule has 1 aliphatic rings. The predicted molar refractivity (Wildman–Crippen MR) is 121 cm³/mol. The molecule has 2 unspecified atom stereocenters. The highest BCUT2D eigenvalue weighted by atomic mass is 35.5. The summed E-state index contributed by atoms with van der Waals surface area (Å²) in [5.41, 5.74) is -0.647. The smallest absolute Gasteiger partial charge is 0.329 e. The van der Waals surface area contributed by atoms with Crippen molar-refractivity contribution in [1.29, 1.82) is 0 Å². The van der Waals surface area contributed by atoms with Crippen LogP contribution in [0.15, 0.2) is 46.0 Å². The summed E-state index contributed by atoms with van der Waals surface area (Å²) in [6, 6.07) is 15.5. The topological polar surface area (TPSA) is 95.4 Å². The molecule has 0 saturated heterocycles. The summed E-state index contributed by atoms with van der Waals surface area (Å²) < 4.78 is 1.17. The number of aromatic amines is 1. The van der Waals surface area contributed by atoms with Gasteiger partial charge in [-0.15, -0.1) is 0 Å². The summed E-state index contributed by atoms with van der Waals surface area (Å²) in [5, 5.41) is 11.4. The molecular formula is C23H19Cl2N3O4. The zero-order valence-electron chi connectivity index (χ0n) is 17.2. The van der Waals surface area contributed by atoms with Gasteiger partial charge in [0.25, 0.3) is 11.5 Å². The van der Waals surface area contributed by atoms with Crippen molar-refractivity contribution < 1.29 is 9.90 Å². The molecule has 7 nitrogen and oxygen atoms in total. The van der Waals surface area contributed by atoms with Crippen molar-refractivity contribution in [2.75, 3.05) is 6.54 Å². The Kier molecular flexibility index (Phi) is 5.76. The first kappa shape index (κ1) is 22.0. The number of nitrogens with zero attached hydrogens (tertiary/aromatic N) is 2. The number of rotatable bonds is 4. The molecule has 2 heterocycles. The van der Waals surface area contributed by atoms with Crippen molar-refractivity contribution >= 4 is 29.1 Å². The number of benzene rings is 1. The van der Waals surface area contributed by atoms with Crippen molar-refractivity contribution in [3.05, 3.63) is 96.2 Å². The summed E-state index contributed by atoms with van der Waals surface area (Å²) in [7, 11) is 0. The average Bonchev–Trinajstić information content (AvgIpc) is 2.75. The third-order valence-corrected chi connectivity index (χ3v) is 6.08. The van der Waals surface area contributed by atoms with Crippen LogP contribution in [-0.4, -0.2) is 38.1 Å². The van der Waals surface area contributed by atoms with Gasteiger partial charge in [-0.3, -0.25) is 19.1 Å². The van der Waals surface area contributed by atoms with Crippen LogP contribution >= 0.6 is 23.2 Å². The van der Waals surface area contributed by atoms with E-state index in [1.54, 1.807) is 24.3 Å². The first-order valence-corrected chi connectivity index (χ1v) is 10.7. The zero-order valence-corrected chi connectivity index (χ0v) is 18.7. The Labute approximate surface area is 193 Å². The molecule has 1 aliphatic heterocycles. The Hall–Kier alpha value is -3.21. The number of amides is 1. The normalized spacial score (nSPS) is 15.8. The van der Waals surface area contributed by atoms with E-state index in [-0.39, 0.29) is 18.3 Å². The number of fused-ring (bicyclic) bond motifs is 1. The average molecular weight is 472 g/mol. The van der Waals surface area contributed by atoms with Gasteiger partial charge in [0.2, 0.25) is 5.75 Å². The van der Waals surface area contributed by atoms with Gasteiger partial charge in [-0.2, -0.15) is 0 Å². The lowest BCUT2D eigenvalue weighted by Gasteiger charge is -2.40. The number of halogens is 2. The first-order chi connectivity index (χ1) is 15.2. The predicted octanol–water partition coefficient (Wildman–Crippen LogP) is 3.39. The molecule has 3 aromatic rings. The molecule has 0 fully saturated rings. The number of carbonyl (C=O) groups is 1. The number of aromatic hydroxyl groups is 1. The van der Waals surface area contributed by atoms with Crippen LogP contribution in [0.1, 0.15) is 47.4 Å². The molecule has 2 aromatic carbocycles. The number of carbonyl (C=O) groups excluding carboxylic acids is 1. The molecule has 0 aliphatic carbocycles. The van der Waals surface area contributed by atoms with Crippen LogP contribution in [0, 0.1) is 12.1 Å². The monoisotopic (exact) mass is 471 g/mol. The second-order valence-electron chi connectivity index (χ2n) is 7.86. The van der Waals surface area contributed by atoms with Crippen LogP contribution in [0.5, 0.6) is 5.75 Å². The molecule has 32 heavy (non-hydrogen) atoms. The van der Waals surface area contributed by atoms with E-state index in [0.717, 1.165) is 5.56 Å². The molecule has 0 radical (unpaired) electrons. The van der Waals surface area contributed by atoms with Gasteiger partial charge >= 0.3 is 5.69 Å². The second kappa shape index (κ2) is 8.38. The van der Waals surface area contributed by atoms with E-state index in [0.29, 0.717) is 15.6 Å². The van der Waals surface area contributed by atoms with Crippen LogP contribution in [-0.2, 0) is 0 Å². The van der Waals surface area contributed by atoms with Crippen LogP contribution in [0.3, 0.4) is 0 Å². The minimum Gasteiger partial charge on any atom is -0.501 e. The summed E-state index contributed by atoms with van der Waals surface area (Å²) in [6.07, 6.45) is 0. The lowest BCUT2D eigenvalue weighted by atomic mass is 9.84. The molecule has 0 spiro atoms. The van der Waals surface area contributed by atoms with E-state index in [1.165, 1.54) is 9.47 Å². The van der Waals surface area contributed by atoms with E-state index in [9.17, 15) is 19.5 Å². The van der Waals surface area contributed by atoms with Gasteiger partial charge in [0, 0.05) is 29.1 Å². The van der Waals surface area contributed by atoms with Crippen molar-refractivity contribution in [1.82, 2.24) is 14.5 Å². The van der Waals surface area contributed by atoms with Gasteiger partial charge in [-0.1, -0.05) is 41.4 Å². The van der Waals surface area contributed by atoms with E-state index < -0.39 is 34.9 Å². The van der Waals surface area contributed by atoms with Gasteiger partial charge in [0.05, 0.1) is 11.1 Å². The largest absolute Gasteiger partial charge is 0.501 e. The fourth-order valence-corrected chi connectivity index (χ4v) is 4.34. The lowest BCUT2D eigenvalue weighted by molar-refractivity contribution is 0.0581. The molecule has 1 aromatic heterocycles. The molecule has 2 N–H and O–H groups in total. The van der Waals surface area contributed by atoms with E-state index in [2.05, 4.69) is 17.1 Å². The van der Waals surface area contributed by atoms with Crippen LogP contribution in [0.2, 0.25) is 10.0 Å². The third-order valence-electron chi connectivity index (χ3n) is 5.61. The molecule has 164 valence electrons. The van der Waals surface area contributed by atoms with Crippen LogP contribution in [0.4, 0.5) is 0 Å². The van der Waals surface area contributed by atoms with Gasteiger partial charge in [0.15, 0.2) is 5.69 Å². The number of hydrogen-bond donors (Lipinski definition) is 2. The number of hydrogen-bond acceptors (Lipinski definition) is 4. The highest BCUT2D eigenvalue weighted by Gasteiger charge is 2.41. The fourth-order valence-electron chi connectivity index (χ4n) is 4.10. The van der Waals surface area contributed by atoms with Gasteiger partial charge < -0.3 is 10.0 Å². The highest BCUT2D eigenvalue weighted by molar-refractivity contribution is 6.30. The minimum absolute atomic E-state index is 0.165. The second-order valence-corrected chi connectivity index (χ2v) is 8.70. The molecule has 2 atom stereocenters. The van der Waals surface area contributed by atoms with Crippen molar-refractivity contribution in [3.8, 4) is 5.75 Å². The van der Waals surface area contributed by atoms with E-state index in [4.69, 9.17) is 23.2 Å². The number of nitrogens with one attached hydrogen (secondary N) is 1. The Morgan fingerprint density at radius 1 is 1.06 bits per heavy atom. The molecule has 0 bridgehead atoms. The Balaban J connectivity index is 2.01. The maximum Gasteiger partial charge on any atom is 0.329 e. The quantitative estimate of drug-likeness (QED) is 0.609. The highest BCUT2D eigenvalue weighted by Crippen LogP contribution is 2.39. The van der Waals surface area contributed by atoms with E-state index >= 15 is 0 Å². The maximum absolute atomic E-state index is 13.1. The summed E-state index contributed by atoms with van der Waals surface area (Å²) in [4.78, 5) is 41.8. The molecule has 0 saturated carbocycles. The zero-order chi connectivity index (χ0) is 23.2. The Bertz CT molecular complexity index is 1240. The van der Waals surface area contributed by atoms with Gasteiger partial charge in [-0.05, 0) is 49.7 Å². The van der Waals surface area contributed by atoms with Crippen molar-refractivity contribution in [3.63, 3.8) is 0 Å². The number of H-pyrrole nitrogens is 1. The summed E-state index contributed by atoms with van der Waals surface area (Å²) in [6.45, 7) is 3.82.